The van der Waals surface area contributed by atoms with Gasteiger partial charge in [0, 0.05) is 5.92 Å². The molecule has 0 heterocycles. The highest BCUT2D eigenvalue weighted by Crippen LogP contribution is 2.70. The maximum absolute atomic E-state index is 10.8. The van der Waals surface area contributed by atoms with Gasteiger partial charge in [0.15, 0.2) is 0 Å². The summed E-state index contributed by atoms with van der Waals surface area (Å²) < 4.78 is 0. The Balaban J connectivity index is 2.18. The van der Waals surface area contributed by atoms with Gasteiger partial charge in [0.2, 0.25) is 0 Å². The summed E-state index contributed by atoms with van der Waals surface area (Å²) in [5.41, 5.74) is -1.01. The van der Waals surface area contributed by atoms with Crippen LogP contribution in [0.25, 0.3) is 0 Å². The number of nitrogens with one attached hydrogen (secondary N) is 2. The fourth-order valence-corrected chi connectivity index (χ4v) is 4.15. The van der Waals surface area contributed by atoms with E-state index in [-0.39, 0.29) is 11.3 Å². The van der Waals surface area contributed by atoms with E-state index < -0.39 is 23.3 Å². The summed E-state index contributed by atoms with van der Waals surface area (Å²) in [4.78, 5) is 21.6. The first-order valence-electron chi connectivity index (χ1n) is 5.64. The Labute approximate surface area is 99.4 Å². The van der Waals surface area contributed by atoms with E-state index in [1.165, 1.54) is 0 Å². The highest BCUT2D eigenvalue weighted by atomic mass is 16.4. The molecule has 0 spiro atoms. The maximum Gasteiger partial charge on any atom is 0.405 e. The van der Waals surface area contributed by atoms with Crippen molar-refractivity contribution in [2.75, 3.05) is 0 Å². The van der Waals surface area contributed by atoms with Crippen LogP contribution < -0.4 is 10.6 Å². The summed E-state index contributed by atoms with van der Waals surface area (Å²) >= 11 is 0. The van der Waals surface area contributed by atoms with E-state index in [1.54, 1.807) is 0 Å². The van der Waals surface area contributed by atoms with Gasteiger partial charge in [-0.15, -0.1) is 0 Å². The van der Waals surface area contributed by atoms with E-state index in [2.05, 4.69) is 10.6 Å². The standard InChI is InChI=1S/C11H18N2O4/c1-9(2,3)6-10(12-7(14)15)4-11(6,5-10)13-8(16)17/h6,12-13H,4-5H2,1-3H3,(H,14,15)(H,16,17). The minimum Gasteiger partial charge on any atom is -0.465 e. The molecule has 0 unspecified atom stereocenters. The highest BCUT2D eigenvalue weighted by molar-refractivity contribution is 5.71. The molecular weight excluding hydrogens is 224 g/mol. The van der Waals surface area contributed by atoms with E-state index in [1.807, 2.05) is 20.8 Å². The normalized spacial score (nSPS) is 38.6. The second kappa shape index (κ2) is 3.05. The molecule has 6 nitrogen and oxygen atoms in total. The van der Waals surface area contributed by atoms with Crippen LogP contribution >= 0.6 is 0 Å². The monoisotopic (exact) mass is 242 g/mol. The Hall–Kier alpha value is -1.46. The predicted molar refractivity (Wildman–Crippen MR) is 60.0 cm³/mol. The number of hydrogen-bond acceptors (Lipinski definition) is 2. The molecule has 0 aliphatic heterocycles. The highest BCUT2D eigenvalue weighted by Gasteiger charge is 2.79. The zero-order valence-corrected chi connectivity index (χ0v) is 10.2. The fourth-order valence-electron chi connectivity index (χ4n) is 4.15. The lowest BCUT2D eigenvalue weighted by Crippen LogP contribution is -2.92. The molecule has 17 heavy (non-hydrogen) atoms. The second-order valence-electron chi connectivity index (χ2n) is 6.33. The quantitative estimate of drug-likeness (QED) is 0.589. The zero-order chi connectivity index (χ0) is 13.1. The molecule has 3 saturated carbocycles. The topological polar surface area (TPSA) is 98.7 Å². The molecule has 2 amide bonds. The average molecular weight is 242 g/mol. The summed E-state index contributed by atoms with van der Waals surface area (Å²) in [5.74, 6) is 0.00898. The van der Waals surface area contributed by atoms with Crippen molar-refractivity contribution in [1.29, 1.82) is 0 Å². The molecule has 0 radical (unpaired) electrons. The third-order valence-electron chi connectivity index (χ3n) is 3.94. The van der Waals surface area contributed by atoms with Gasteiger partial charge in [0.25, 0.3) is 0 Å². The molecule has 3 aliphatic rings. The predicted octanol–water partition coefficient (Wildman–Crippen LogP) is 1.47. The first-order valence-corrected chi connectivity index (χ1v) is 5.64. The number of hydrogen-bond donors (Lipinski definition) is 4. The maximum atomic E-state index is 10.8. The molecule has 0 aromatic heterocycles. The second-order valence-corrected chi connectivity index (χ2v) is 6.33. The van der Waals surface area contributed by atoms with E-state index >= 15 is 0 Å². The number of carbonyl (C=O) groups is 2. The van der Waals surface area contributed by atoms with Crippen molar-refractivity contribution in [3.8, 4) is 0 Å². The van der Waals surface area contributed by atoms with Gasteiger partial charge in [-0.25, -0.2) is 9.59 Å². The summed E-state index contributed by atoms with van der Waals surface area (Å²) in [6, 6.07) is 0. The lowest BCUT2D eigenvalue weighted by atomic mass is 9.32. The van der Waals surface area contributed by atoms with Crippen LogP contribution in [0.4, 0.5) is 9.59 Å². The van der Waals surface area contributed by atoms with Gasteiger partial charge < -0.3 is 20.8 Å². The number of carboxylic acid groups (broad SMARTS) is 2. The van der Waals surface area contributed by atoms with Crippen LogP contribution in [0.5, 0.6) is 0 Å². The van der Waals surface area contributed by atoms with Gasteiger partial charge in [0.05, 0.1) is 11.1 Å². The molecule has 0 saturated heterocycles. The van der Waals surface area contributed by atoms with Crippen LogP contribution in [0.1, 0.15) is 33.6 Å². The van der Waals surface area contributed by atoms with Crippen molar-refractivity contribution in [2.24, 2.45) is 11.3 Å². The van der Waals surface area contributed by atoms with Crippen molar-refractivity contribution < 1.29 is 19.8 Å². The van der Waals surface area contributed by atoms with E-state index in [9.17, 15) is 9.59 Å². The van der Waals surface area contributed by atoms with E-state index in [0.717, 1.165) is 0 Å². The number of amides is 2. The Kier molecular flexibility index (Phi) is 2.16. The molecule has 3 rings (SSSR count). The molecule has 3 fully saturated rings. The van der Waals surface area contributed by atoms with Gasteiger partial charge in [-0.1, -0.05) is 20.8 Å². The third-order valence-corrected chi connectivity index (χ3v) is 3.94. The Morgan fingerprint density at radius 3 is 1.65 bits per heavy atom. The van der Waals surface area contributed by atoms with Crippen molar-refractivity contribution in [1.82, 2.24) is 10.6 Å². The average Bonchev–Trinajstić information content (AvgIpc) is 1.92. The van der Waals surface area contributed by atoms with Crippen molar-refractivity contribution in [3.05, 3.63) is 0 Å². The van der Waals surface area contributed by atoms with Gasteiger partial charge >= 0.3 is 12.2 Å². The van der Waals surface area contributed by atoms with Crippen molar-refractivity contribution >= 4 is 12.2 Å². The van der Waals surface area contributed by atoms with Crippen LogP contribution in [-0.2, 0) is 0 Å². The molecule has 0 atom stereocenters. The Morgan fingerprint density at radius 1 is 1.06 bits per heavy atom. The van der Waals surface area contributed by atoms with Crippen LogP contribution in [0.15, 0.2) is 0 Å². The van der Waals surface area contributed by atoms with Crippen LogP contribution in [0.2, 0.25) is 0 Å². The smallest absolute Gasteiger partial charge is 0.405 e. The molecular formula is C11H18N2O4. The van der Waals surface area contributed by atoms with Crippen LogP contribution in [-0.4, -0.2) is 33.5 Å². The zero-order valence-electron chi connectivity index (χ0n) is 10.2. The fraction of sp³-hybridized carbons (Fsp3) is 0.818. The van der Waals surface area contributed by atoms with E-state index in [4.69, 9.17) is 10.2 Å². The summed E-state index contributed by atoms with van der Waals surface area (Å²) in [7, 11) is 0. The van der Waals surface area contributed by atoms with Crippen molar-refractivity contribution in [3.63, 3.8) is 0 Å². The van der Waals surface area contributed by atoms with Crippen LogP contribution in [0, 0.1) is 11.3 Å². The Bertz CT molecular complexity index is 351. The third kappa shape index (κ3) is 1.54. The minimum atomic E-state index is -1.04. The molecule has 0 aromatic carbocycles. The first-order chi connectivity index (χ1) is 7.61. The lowest BCUT2D eigenvalue weighted by molar-refractivity contribution is -0.214. The van der Waals surface area contributed by atoms with Crippen LogP contribution in [0.3, 0.4) is 0 Å². The SMILES string of the molecule is CC(C)(C)C1C2(NC(=O)O)CC1(NC(=O)O)C2. The lowest BCUT2D eigenvalue weighted by Gasteiger charge is -2.78. The molecule has 6 heteroatoms. The van der Waals surface area contributed by atoms with Gasteiger partial charge in [-0.05, 0) is 18.3 Å². The largest absolute Gasteiger partial charge is 0.465 e. The molecule has 2 bridgehead atoms. The van der Waals surface area contributed by atoms with Gasteiger partial charge in [0.1, 0.15) is 0 Å². The number of rotatable bonds is 2. The summed E-state index contributed by atoms with van der Waals surface area (Å²) in [6.07, 6.45) is -0.966. The summed E-state index contributed by atoms with van der Waals surface area (Å²) in [5, 5.41) is 22.8. The molecule has 96 valence electrons. The molecule has 0 aromatic rings. The van der Waals surface area contributed by atoms with E-state index in [0.29, 0.717) is 12.8 Å². The Morgan fingerprint density at radius 2 is 1.41 bits per heavy atom. The minimum absolute atomic E-state index is 0.00898. The summed E-state index contributed by atoms with van der Waals surface area (Å²) in [6.45, 7) is 6.02. The molecule has 4 N–H and O–H groups in total. The first kappa shape index (κ1) is 12.0. The van der Waals surface area contributed by atoms with Crippen molar-refractivity contribution in [2.45, 2.75) is 44.7 Å². The van der Waals surface area contributed by atoms with Gasteiger partial charge in [-0.2, -0.15) is 0 Å². The van der Waals surface area contributed by atoms with Gasteiger partial charge in [-0.3, -0.25) is 0 Å². The molecule has 3 aliphatic carbocycles.